The van der Waals surface area contributed by atoms with Crippen LogP contribution >= 0.6 is 11.6 Å². The molecule has 0 aliphatic carbocycles. The molecule has 0 saturated carbocycles. The Morgan fingerprint density at radius 1 is 1.03 bits per heavy atom. The van der Waals surface area contributed by atoms with Gasteiger partial charge in [-0.25, -0.2) is 9.59 Å². The fourth-order valence-corrected chi connectivity index (χ4v) is 3.65. The van der Waals surface area contributed by atoms with Gasteiger partial charge in [0.15, 0.2) is 0 Å². The summed E-state index contributed by atoms with van der Waals surface area (Å²) in [5.74, 6) is -0.916. The van der Waals surface area contributed by atoms with Crippen molar-refractivity contribution in [1.82, 2.24) is 0 Å². The highest BCUT2D eigenvalue weighted by atomic mass is 35.5. The van der Waals surface area contributed by atoms with Crippen LogP contribution in [0.15, 0.2) is 56.1 Å². The summed E-state index contributed by atoms with van der Waals surface area (Å²) in [4.78, 5) is 36.7. The minimum Gasteiger partial charge on any atom is -0.466 e. The number of aryl methyl sites for hydroxylation is 2. The SMILES string of the molecule is CCCOC(=O)CCc1cc2c(C)cc(=O)oc2cc1OC(=O)c1cc2cc(Cl)ccc2o1. The number of ether oxygens (including phenoxy) is 2. The number of carbonyl (C=O) groups is 2. The van der Waals surface area contributed by atoms with Gasteiger partial charge in [-0.2, -0.15) is 0 Å². The molecule has 0 aliphatic rings. The Morgan fingerprint density at radius 2 is 1.85 bits per heavy atom. The lowest BCUT2D eigenvalue weighted by atomic mass is 10.0. The van der Waals surface area contributed by atoms with Crippen LogP contribution in [0.5, 0.6) is 5.75 Å². The fourth-order valence-electron chi connectivity index (χ4n) is 3.47. The summed E-state index contributed by atoms with van der Waals surface area (Å²) in [6, 6.07) is 11.2. The third-order valence-corrected chi connectivity index (χ3v) is 5.32. The van der Waals surface area contributed by atoms with E-state index in [0.717, 1.165) is 6.42 Å². The highest BCUT2D eigenvalue weighted by Crippen LogP contribution is 2.30. The fraction of sp³-hybridized carbons (Fsp3) is 0.240. The van der Waals surface area contributed by atoms with E-state index >= 15 is 0 Å². The summed E-state index contributed by atoms with van der Waals surface area (Å²) >= 11 is 6.00. The third kappa shape index (κ3) is 5.09. The highest BCUT2D eigenvalue weighted by molar-refractivity contribution is 6.31. The van der Waals surface area contributed by atoms with E-state index in [0.29, 0.717) is 39.1 Å². The standard InChI is InChI=1S/C25H21ClO7/c1-3-8-30-23(27)7-4-15-11-18-14(2)9-24(28)32-21(18)13-20(15)33-25(29)22-12-16-10-17(26)5-6-19(16)31-22/h5-6,9-13H,3-4,7-8H2,1-2H3. The van der Waals surface area contributed by atoms with Crippen LogP contribution in [0.3, 0.4) is 0 Å². The second-order valence-electron chi connectivity index (χ2n) is 7.61. The van der Waals surface area contributed by atoms with Crippen molar-refractivity contribution >= 4 is 45.5 Å². The first kappa shape index (κ1) is 22.6. The number of halogens is 1. The number of benzene rings is 2. The lowest BCUT2D eigenvalue weighted by Crippen LogP contribution is -2.11. The van der Waals surface area contributed by atoms with Crippen LogP contribution in [0.1, 0.15) is 41.4 Å². The Bertz CT molecular complexity index is 1410. The highest BCUT2D eigenvalue weighted by Gasteiger charge is 2.19. The number of furan rings is 1. The number of hydrogen-bond donors (Lipinski definition) is 0. The molecule has 7 nitrogen and oxygen atoms in total. The van der Waals surface area contributed by atoms with Crippen LogP contribution < -0.4 is 10.4 Å². The van der Waals surface area contributed by atoms with Gasteiger partial charge < -0.3 is 18.3 Å². The van der Waals surface area contributed by atoms with Crippen LogP contribution in [0, 0.1) is 6.92 Å². The lowest BCUT2D eigenvalue weighted by Gasteiger charge is -2.12. The molecular formula is C25H21ClO7. The summed E-state index contributed by atoms with van der Waals surface area (Å²) in [6.07, 6.45) is 1.11. The van der Waals surface area contributed by atoms with Gasteiger partial charge in [-0.05, 0) is 61.2 Å². The Hall–Kier alpha value is -3.58. The van der Waals surface area contributed by atoms with Gasteiger partial charge in [0.2, 0.25) is 5.76 Å². The summed E-state index contributed by atoms with van der Waals surface area (Å²) in [5.41, 5.74) is 1.56. The number of esters is 2. The largest absolute Gasteiger partial charge is 0.466 e. The smallest absolute Gasteiger partial charge is 0.379 e. The van der Waals surface area contributed by atoms with Crippen LogP contribution in [-0.2, 0) is 16.0 Å². The predicted octanol–water partition coefficient (Wildman–Crippen LogP) is 5.61. The van der Waals surface area contributed by atoms with E-state index in [1.54, 1.807) is 31.2 Å². The molecule has 0 spiro atoms. The van der Waals surface area contributed by atoms with Gasteiger partial charge in [0.05, 0.1) is 6.61 Å². The Labute approximate surface area is 193 Å². The van der Waals surface area contributed by atoms with Gasteiger partial charge in [-0.15, -0.1) is 0 Å². The lowest BCUT2D eigenvalue weighted by molar-refractivity contribution is -0.143. The van der Waals surface area contributed by atoms with Crippen molar-refractivity contribution in [2.24, 2.45) is 0 Å². The van der Waals surface area contributed by atoms with Gasteiger partial charge in [0.1, 0.15) is 16.9 Å². The normalized spacial score (nSPS) is 11.1. The zero-order chi connectivity index (χ0) is 23.5. The van der Waals surface area contributed by atoms with Crippen molar-refractivity contribution < 1.29 is 27.9 Å². The van der Waals surface area contributed by atoms with Gasteiger partial charge >= 0.3 is 17.6 Å². The topological polar surface area (TPSA) is 96.0 Å². The number of carbonyl (C=O) groups excluding carboxylic acids is 2. The maximum absolute atomic E-state index is 12.8. The average molecular weight is 469 g/mol. The molecule has 2 aromatic heterocycles. The van der Waals surface area contributed by atoms with E-state index in [4.69, 9.17) is 29.9 Å². The molecule has 0 aliphatic heterocycles. The first-order chi connectivity index (χ1) is 15.8. The minimum atomic E-state index is -0.730. The van der Waals surface area contributed by atoms with Crippen LogP contribution in [0.2, 0.25) is 5.02 Å². The number of rotatable bonds is 7. The predicted molar refractivity (Wildman–Crippen MR) is 123 cm³/mol. The number of fused-ring (bicyclic) bond motifs is 2. The maximum Gasteiger partial charge on any atom is 0.379 e. The first-order valence-electron chi connectivity index (χ1n) is 10.5. The molecule has 0 saturated heterocycles. The molecule has 2 aromatic carbocycles. The molecule has 2 heterocycles. The van der Waals surface area contributed by atoms with Crippen molar-refractivity contribution in [2.45, 2.75) is 33.1 Å². The maximum atomic E-state index is 12.8. The Kier molecular flexibility index (Phi) is 6.51. The zero-order valence-electron chi connectivity index (χ0n) is 18.1. The monoisotopic (exact) mass is 468 g/mol. The molecule has 4 rings (SSSR count). The van der Waals surface area contributed by atoms with Crippen molar-refractivity contribution in [3.63, 3.8) is 0 Å². The van der Waals surface area contributed by atoms with Crippen molar-refractivity contribution in [3.05, 3.63) is 74.8 Å². The number of hydrogen-bond acceptors (Lipinski definition) is 7. The molecule has 0 bridgehead atoms. The minimum absolute atomic E-state index is 0.00800. The van der Waals surface area contributed by atoms with Gasteiger partial charge in [0, 0.05) is 34.3 Å². The molecule has 0 unspecified atom stereocenters. The van der Waals surface area contributed by atoms with Crippen molar-refractivity contribution in [1.29, 1.82) is 0 Å². The first-order valence-corrected chi connectivity index (χ1v) is 10.9. The summed E-state index contributed by atoms with van der Waals surface area (Å²) < 4.78 is 21.6. The van der Waals surface area contributed by atoms with E-state index in [1.165, 1.54) is 18.2 Å². The molecule has 0 N–H and O–H groups in total. The molecule has 0 atom stereocenters. The van der Waals surface area contributed by atoms with Gasteiger partial charge in [0.25, 0.3) is 0 Å². The molecule has 0 amide bonds. The van der Waals surface area contributed by atoms with E-state index in [9.17, 15) is 14.4 Å². The van der Waals surface area contributed by atoms with Gasteiger partial charge in [-0.3, -0.25) is 4.79 Å². The molecule has 170 valence electrons. The third-order valence-electron chi connectivity index (χ3n) is 5.08. The summed E-state index contributed by atoms with van der Waals surface area (Å²) in [6.45, 7) is 4.04. The zero-order valence-corrected chi connectivity index (χ0v) is 18.9. The van der Waals surface area contributed by atoms with E-state index < -0.39 is 11.6 Å². The molecule has 33 heavy (non-hydrogen) atoms. The van der Waals surface area contributed by atoms with Crippen LogP contribution in [0.25, 0.3) is 21.9 Å². The van der Waals surface area contributed by atoms with Crippen LogP contribution in [-0.4, -0.2) is 18.5 Å². The Morgan fingerprint density at radius 3 is 2.64 bits per heavy atom. The van der Waals surface area contributed by atoms with Crippen LogP contribution in [0.4, 0.5) is 0 Å². The Balaban J connectivity index is 1.67. The molecule has 0 fully saturated rings. The summed E-state index contributed by atoms with van der Waals surface area (Å²) in [7, 11) is 0. The molecular weight excluding hydrogens is 448 g/mol. The molecule has 0 radical (unpaired) electrons. The second kappa shape index (κ2) is 9.50. The van der Waals surface area contributed by atoms with E-state index in [-0.39, 0.29) is 35.9 Å². The van der Waals surface area contributed by atoms with E-state index in [1.807, 2.05) is 6.92 Å². The van der Waals surface area contributed by atoms with Crippen molar-refractivity contribution in [2.75, 3.05) is 6.61 Å². The van der Waals surface area contributed by atoms with Gasteiger partial charge in [-0.1, -0.05) is 18.5 Å². The molecule has 8 heteroatoms. The molecule has 4 aromatic rings. The summed E-state index contributed by atoms with van der Waals surface area (Å²) in [5, 5.41) is 1.86. The second-order valence-corrected chi connectivity index (χ2v) is 8.04. The van der Waals surface area contributed by atoms with Crippen molar-refractivity contribution in [3.8, 4) is 5.75 Å². The quantitative estimate of drug-likeness (QED) is 0.198. The van der Waals surface area contributed by atoms with E-state index in [2.05, 4.69) is 0 Å². The average Bonchev–Trinajstić information content (AvgIpc) is 3.19.